The minimum Gasteiger partial charge on any atom is -0.297 e. The molecule has 1 saturated heterocycles. The molecule has 1 atom stereocenters. The first-order valence-electron chi connectivity index (χ1n) is 9.30. The Hall–Kier alpha value is -2.79. The molecule has 1 aliphatic rings. The fourth-order valence-corrected chi connectivity index (χ4v) is 3.78. The van der Waals surface area contributed by atoms with Gasteiger partial charge in [-0.1, -0.05) is 42.5 Å². The van der Waals surface area contributed by atoms with Crippen LogP contribution in [0.15, 0.2) is 60.8 Å². The second-order valence-electron chi connectivity index (χ2n) is 7.08. The van der Waals surface area contributed by atoms with Gasteiger partial charge >= 0.3 is 0 Å². The highest BCUT2D eigenvalue weighted by molar-refractivity contribution is 5.98. The first kappa shape index (κ1) is 17.6. The number of nitrogens with one attached hydrogen (secondary N) is 1. The molecule has 1 aliphatic heterocycles. The standard InChI is InChI=1S/C22H22FN3O/c23-21-13-17(8-9-20(21)16-5-2-1-3-6-16)22(27)18-7-4-12-26(14-18)15-19-10-11-24-25-19/h1-3,5-6,8-11,13,18H,4,7,12,14-15H2,(H,24,25)/t18-/m0/s1. The van der Waals surface area contributed by atoms with Crippen molar-refractivity contribution in [1.29, 1.82) is 0 Å². The van der Waals surface area contributed by atoms with Gasteiger partial charge in [-0.2, -0.15) is 5.10 Å². The average Bonchev–Trinajstić information content (AvgIpc) is 3.21. The third kappa shape index (κ3) is 3.98. The van der Waals surface area contributed by atoms with Crippen molar-refractivity contribution in [2.24, 2.45) is 5.92 Å². The van der Waals surface area contributed by atoms with Crippen LogP contribution in [0.1, 0.15) is 28.9 Å². The number of rotatable bonds is 5. The van der Waals surface area contributed by atoms with Crippen molar-refractivity contribution in [3.63, 3.8) is 0 Å². The maximum Gasteiger partial charge on any atom is 0.167 e. The Balaban J connectivity index is 1.48. The molecule has 0 unspecified atom stereocenters. The number of hydrogen-bond acceptors (Lipinski definition) is 3. The van der Waals surface area contributed by atoms with Gasteiger partial charge in [0, 0.05) is 42.0 Å². The molecule has 0 aliphatic carbocycles. The summed E-state index contributed by atoms with van der Waals surface area (Å²) in [5.41, 5.74) is 2.84. The zero-order chi connectivity index (χ0) is 18.6. The van der Waals surface area contributed by atoms with Crippen LogP contribution in [0.3, 0.4) is 0 Å². The van der Waals surface area contributed by atoms with Gasteiger partial charge in [0.05, 0.1) is 0 Å². The number of Topliss-reactive ketones (excluding diaryl/α,β-unsaturated/α-hetero) is 1. The summed E-state index contributed by atoms with van der Waals surface area (Å²) in [7, 11) is 0. The summed E-state index contributed by atoms with van der Waals surface area (Å²) in [6, 6.07) is 16.2. The van der Waals surface area contributed by atoms with Gasteiger partial charge in [-0.05, 0) is 37.1 Å². The van der Waals surface area contributed by atoms with E-state index in [0.29, 0.717) is 17.7 Å². The monoisotopic (exact) mass is 363 g/mol. The zero-order valence-corrected chi connectivity index (χ0v) is 15.1. The number of halogens is 1. The number of carbonyl (C=O) groups excluding carboxylic acids is 1. The first-order valence-corrected chi connectivity index (χ1v) is 9.30. The Morgan fingerprint density at radius 1 is 1.19 bits per heavy atom. The number of nitrogens with zero attached hydrogens (tertiary/aromatic N) is 2. The molecule has 2 heterocycles. The third-order valence-corrected chi connectivity index (χ3v) is 5.17. The topological polar surface area (TPSA) is 49.0 Å². The van der Waals surface area contributed by atoms with Crippen LogP contribution >= 0.6 is 0 Å². The van der Waals surface area contributed by atoms with Gasteiger partial charge in [0.2, 0.25) is 0 Å². The van der Waals surface area contributed by atoms with Crippen molar-refractivity contribution >= 4 is 5.78 Å². The number of H-pyrrole nitrogens is 1. The molecule has 0 saturated carbocycles. The fraction of sp³-hybridized carbons (Fsp3) is 0.273. The first-order chi connectivity index (χ1) is 13.2. The average molecular weight is 363 g/mol. The Bertz CT molecular complexity index is 909. The Kier molecular flexibility index (Phi) is 5.12. The molecule has 1 aromatic heterocycles. The summed E-state index contributed by atoms with van der Waals surface area (Å²) < 4.78 is 14.6. The van der Waals surface area contributed by atoms with Crippen LogP contribution in [0.4, 0.5) is 4.39 Å². The lowest BCUT2D eigenvalue weighted by Gasteiger charge is -2.31. The highest BCUT2D eigenvalue weighted by atomic mass is 19.1. The van der Waals surface area contributed by atoms with E-state index in [4.69, 9.17) is 0 Å². The normalized spacial score (nSPS) is 17.7. The van der Waals surface area contributed by atoms with E-state index in [-0.39, 0.29) is 17.5 Å². The summed E-state index contributed by atoms with van der Waals surface area (Å²) >= 11 is 0. The lowest BCUT2D eigenvalue weighted by atomic mass is 9.89. The molecule has 0 amide bonds. The van der Waals surface area contributed by atoms with Crippen LogP contribution in [0, 0.1) is 11.7 Å². The third-order valence-electron chi connectivity index (χ3n) is 5.17. The van der Waals surface area contributed by atoms with Crippen molar-refractivity contribution in [3.8, 4) is 11.1 Å². The Morgan fingerprint density at radius 2 is 2.04 bits per heavy atom. The molecule has 4 nitrogen and oxygen atoms in total. The molecule has 138 valence electrons. The molecule has 0 spiro atoms. The van der Waals surface area contributed by atoms with Gasteiger partial charge in [-0.15, -0.1) is 0 Å². The number of likely N-dealkylation sites (tertiary alicyclic amines) is 1. The van der Waals surface area contributed by atoms with E-state index in [0.717, 1.165) is 37.2 Å². The van der Waals surface area contributed by atoms with Crippen LogP contribution in [0.5, 0.6) is 0 Å². The van der Waals surface area contributed by atoms with Gasteiger partial charge in [-0.25, -0.2) is 4.39 Å². The maximum absolute atomic E-state index is 14.6. The van der Waals surface area contributed by atoms with Crippen LogP contribution in [-0.4, -0.2) is 34.0 Å². The molecule has 27 heavy (non-hydrogen) atoms. The summed E-state index contributed by atoms with van der Waals surface area (Å²) in [6.45, 7) is 2.41. The summed E-state index contributed by atoms with van der Waals surface area (Å²) in [5.74, 6) is -0.413. The van der Waals surface area contributed by atoms with Crippen LogP contribution in [-0.2, 0) is 6.54 Å². The molecule has 1 fully saturated rings. The summed E-state index contributed by atoms with van der Waals surface area (Å²) in [5, 5.41) is 6.94. The van der Waals surface area contributed by atoms with Crippen molar-refractivity contribution in [3.05, 3.63) is 77.9 Å². The number of carbonyl (C=O) groups is 1. The predicted octanol–water partition coefficient (Wildman–Crippen LogP) is 4.31. The van der Waals surface area contributed by atoms with Crippen molar-refractivity contribution in [2.75, 3.05) is 13.1 Å². The number of benzene rings is 2. The van der Waals surface area contributed by atoms with Crippen LogP contribution < -0.4 is 0 Å². The predicted molar refractivity (Wildman–Crippen MR) is 103 cm³/mol. The molecule has 1 N–H and O–H groups in total. The molecule has 0 bridgehead atoms. The van der Waals surface area contributed by atoms with E-state index >= 15 is 0 Å². The highest BCUT2D eigenvalue weighted by Gasteiger charge is 2.27. The van der Waals surface area contributed by atoms with Crippen molar-refractivity contribution < 1.29 is 9.18 Å². The minimum absolute atomic E-state index is 0.0304. The van der Waals surface area contributed by atoms with E-state index < -0.39 is 0 Å². The molecule has 3 aromatic rings. The summed E-state index contributed by atoms with van der Waals surface area (Å²) in [4.78, 5) is 15.2. The van der Waals surface area contributed by atoms with Gasteiger partial charge in [0.15, 0.2) is 5.78 Å². The lowest BCUT2D eigenvalue weighted by molar-refractivity contribution is 0.0809. The highest BCUT2D eigenvalue weighted by Crippen LogP contribution is 2.26. The van der Waals surface area contributed by atoms with Crippen LogP contribution in [0.2, 0.25) is 0 Å². The van der Waals surface area contributed by atoms with E-state index in [2.05, 4.69) is 15.1 Å². The van der Waals surface area contributed by atoms with Crippen LogP contribution in [0.25, 0.3) is 11.1 Å². The van der Waals surface area contributed by atoms with E-state index in [1.165, 1.54) is 6.07 Å². The quantitative estimate of drug-likeness (QED) is 0.687. The number of hydrogen-bond donors (Lipinski definition) is 1. The van der Waals surface area contributed by atoms with Crippen molar-refractivity contribution in [2.45, 2.75) is 19.4 Å². The largest absolute Gasteiger partial charge is 0.297 e. The molecule has 4 rings (SSSR count). The van der Waals surface area contributed by atoms with E-state index in [1.807, 2.05) is 36.4 Å². The molecular weight excluding hydrogens is 341 g/mol. The zero-order valence-electron chi connectivity index (χ0n) is 15.1. The Morgan fingerprint density at radius 3 is 2.78 bits per heavy atom. The summed E-state index contributed by atoms with van der Waals surface area (Å²) in [6.07, 6.45) is 3.55. The molecular formula is C22H22FN3O. The molecule has 5 heteroatoms. The number of ketones is 1. The number of aromatic nitrogens is 2. The second-order valence-corrected chi connectivity index (χ2v) is 7.08. The molecule has 0 radical (unpaired) electrons. The SMILES string of the molecule is O=C(c1ccc(-c2ccccc2)c(F)c1)[C@H]1CCCN(Cc2ccn[nH]2)C1. The minimum atomic E-state index is -0.350. The molecule has 2 aromatic carbocycles. The van der Waals surface area contributed by atoms with E-state index in [9.17, 15) is 9.18 Å². The lowest BCUT2D eigenvalue weighted by Crippen LogP contribution is -2.38. The van der Waals surface area contributed by atoms with Gasteiger partial charge in [-0.3, -0.25) is 14.8 Å². The Labute approximate surface area is 158 Å². The second kappa shape index (κ2) is 7.84. The maximum atomic E-state index is 14.6. The fourth-order valence-electron chi connectivity index (χ4n) is 3.78. The number of aromatic amines is 1. The smallest absolute Gasteiger partial charge is 0.167 e. The van der Waals surface area contributed by atoms with Gasteiger partial charge in [0.1, 0.15) is 5.82 Å². The van der Waals surface area contributed by atoms with Crippen molar-refractivity contribution in [1.82, 2.24) is 15.1 Å². The van der Waals surface area contributed by atoms with Gasteiger partial charge in [0.25, 0.3) is 0 Å². The van der Waals surface area contributed by atoms with Gasteiger partial charge < -0.3 is 0 Å². The number of piperidine rings is 1. The van der Waals surface area contributed by atoms with E-state index in [1.54, 1.807) is 18.3 Å².